The highest BCUT2D eigenvalue weighted by molar-refractivity contribution is 6.19. The molecule has 0 aliphatic heterocycles. The second-order valence-corrected chi connectivity index (χ2v) is 19.6. The van der Waals surface area contributed by atoms with E-state index in [2.05, 4.69) is 249 Å². The summed E-state index contributed by atoms with van der Waals surface area (Å²) in [6.45, 7) is 6.16. The summed E-state index contributed by atoms with van der Waals surface area (Å²) >= 11 is 0. The van der Waals surface area contributed by atoms with E-state index in [0.29, 0.717) is 0 Å². The van der Waals surface area contributed by atoms with Crippen molar-refractivity contribution in [3.8, 4) is 50.2 Å². The van der Waals surface area contributed by atoms with Gasteiger partial charge in [0.05, 0.1) is 16.4 Å². The molecule has 14 rings (SSSR count). The maximum Gasteiger partial charge on any atom is 0.136 e. The van der Waals surface area contributed by atoms with E-state index < -0.39 is 0 Å². The minimum atomic E-state index is -0.322. The van der Waals surface area contributed by atoms with E-state index in [-0.39, 0.29) is 5.41 Å². The highest BCUT2D eigenvalue weighted by Crippen LogP contribution is 2.63. The Morgan fingerprint density at radius 3 is 2.03 bits per heavy atom. The van der Waals surface area contributed by atoms with Crippen LogP contribution in [0.5, 0.6) is 0 Å². The SMILES string of the molecule is C=C/C=C\C=C1/CC2(c3ccccc31)c1ccccc1-c1c2ccc2c3cc(-c4cccc5oc6ccc(-c7ccc(C)c(-c8ccccc8Cc8ccccc8)c7)cc6c45)ccc3n(-c3ccccc3)c12. The summed E-state index contributed by atoms with van der Waals surface area (Å²) in [5.74, 6) is 0. The number of aromatic nitrogens is 1. The van der Waals surface area contributed by atoms with Crippen molar-refractivity contribution in [3.63, 3.8) is 0 Å². The van der Waals surface area contributed by atoms with Gasteiger partial charge in [0.25, 0.3) is 0 Å². The van der Waals surface area contributed by atoms with Gasteiger partial charge < -0.3 is 8.98 Å². The second-order valence-electron chi connectivity index (χ2n) is 19.6. The van der Waals surface area contributed by atoms with Crippen molar-refractivity contribution in [2.75, 3.05) is 0 Å². The molecule has 2 heterocycles. The number of rotatable bonds is 8. The molecule has 1 spiro atoms. The summed E-state index contributed by atoms with van der Waals surface area (Å²) < 4.78 is 9.20. The standard InChI is InChI=1S/C70H49NO/c1-3-4-7-22-51-44-70(61-29-16-14-26-54(51)61)62-30-17-15-27-57(62)68-63(70)37-36-56-59-43-50(34-38-64(59)71(69(56)68)52-23-10-6-11-24-52)55-28-18-31-66-67(55)60-42-48(35-39-65(60)72-66)47-33-32-45(2)58(41-47)53-25-13-12-21-49(53)40-46-19-8-5-9-20-46/h3-39,41-43H,1,40,44H2,2H3/b7-4-,51-22+. The highest BCUT2D eigenvalue weighted by Gasteiger charge is 2.50. The first-order valence-electron chi connectivity index (χ1n) is 25.1. The molecule has 1 atom stereocenters. The van der Waals surface area contributed by atoms with E-state index in [9.17, 15) is 0 Å². The predicted molar refractivity (Wildman–Crippen MR) is 302 cm³/mol. The van der Waals surface area contributed by atoms with Crippen LogP contribution in [-0.2, 0) is 11.8 Å². The lowest BCUT2D eigenvalue weighted by atomic mass is 9.73. The Hall–Kier alpha value is -8.98. The van der Waals surface area contributed by atoms with E-state index in [1.807, 2.05) is 12.2 Å². The van der Waals surface area contributed by atoms with Crippen LogP contribution in [0.25, 0.3) is 99.5 Å². The number of allylic oxidation sites excluding steroid dienone is 5. The molecule has 1 unspecified atom stereocenters. The Morgan fingerprint density at radius 1 is 0.514 bits per heavy atom. The fourth-order valence-electron chi connectivity index (χ4n) is 12.6. The highest BCUT2D eigenvalue weighted by atomic mass is 16.3. The molecule has 0 bridgehead atoms. The minimum Gasteiger partial charge on any atom is -0.456 e. The molecule has 10 aromatic carbocycles. The fraction of sp³-hybridized carbons (Fsp3) is 0.0571. The van der Waals surface area contributed by atoms with Gasteiger partial charge >= 0.3 is 0 Å². The maximum atomic E-state index is 6.68. The summed E-state index contributed by atoms with van der Waals surface area (Å²) in [6.07, 6.45) is 10.1. The van der Waals surface area contributed by atoms with Crippen LogP contribution in [0.4, 0.5) is 0 Å². The molecule has 0 N–H and O–H groups in total. The van der Waals surface area contributed by atoms with Gasteiger partial charge in [0.1, 0.15) is 11.2 Å². The number of hydrogen-bond donors (Lipinski definition) is 0. The first-order valence-corrected chi connectivity index (χ1v) is 25.1. The predicted octanol–water partition coefficient (Wildman–Crippen LogP) is 18.4. The molecule has 0 saturated heterocycles. The Bertz CT molecular complexity index is 4240. The molecular weight excluding hydrogens is 871 g/mol. The zero-order valence-electron chi connectivity index (χ0n) is 40.1. The van der Waals surface area contributed by atoms with Crippen molar-refractivity contribution in [2.24, 2.45) is 0 Å². The number of aryl methyl sites for hydroxylation is 1. The number of fused-ring (bicyclic) bond motifs is 14. The summed E-state index contributed by atoms with van der Waals surface area (Å²) in [5.41, 5.74) is 25.5. The average molecular weight is 920 g/mol. The van der Waals surface area contributed by atoms with E-state index >= 15 is 0 Å². The van der Waals surface area contributed by atoms with Crippen LogP contribution in [-0.4, -0.2) is 4.57 Å². The van der Waals surface area contributed by atoms with Crippen molar-refractivity contribution in [1.82, 2.24) is 4.57 Å². The van der Waals surface area contributed by atoms with E-state index in [1.54, 1.807) is 0 Å². The first-order chi connectivity index (χ1) is 35.6. The molecule has 340 valence electrons. The Balaban J connectivity index is 0.941. The molecule has 72 heavy (non-hydrogen) atoms. The molecule has 2 aromatic heterocycles. The van der Waals surface area contributed by atoms with Gasteiger partial charge in [-0.25, -0.2) is 0 Å². The van der Waals surface area contributed by atoms with Crippen LogP contribution in [0.1, 0.15) is 45.4 Å². The molecular formula is C70H49NO. The van der Waals surface area contributed by atoms with E-state index in [1.165, 1.54) is 94.1 Å². The van der Waals surface area contributed by atoms with E-state index in [4.69, 9.17) is 4.42 Å². The van der Waals surface area contributed by atoms with Crippen molar-refractivity contribution in [2.45, 2.75) is 25.2 Å². The van der Waals surface area contributed by atoms with Crippen LogP contribution in [0.15, 0.2) is 254 Å². The normalized spacial score (nSPS) is 15.4. The van der Waals surface area contributed by atoms with Gasteiger partial charge in [0, 0.05) is 32.8 Å². The maximum absolute atomic E-state index is 6.68. The van der Waals surface area contributed by atoms with E-state index in [0.717, 1.165) is 57.2 Å². The van der Waals surface area contributed by atoms with Crippen molar-refractivity contribution in [3.05, 3.63) is 288 Å². The Labute approximate surface area is 419 Å². The van der Waals surface area contributed by atoms with Gasteiger partial charge in [0.15, 0.2) is 0 Å². The van der Waals surface area contributed by atoms with Crippen molar-refractivity contribution < 1.29 is 4.42 Å². The summed E-state index contributed by atoms with van der Waals surface area (Å²) in [5, 5.41) is 4.70. The number of nitrogens with zero attached hydrogens (tertiary/aromatic N) is 1. The monoisotopic (exact) mass is 919 g/mol. The summed E-state index contributed by atoms with van der Waals surface area (Å²) in [6, 6.07) is 80.8. The lowest BCUT2D eigenvalue weighted by Gasteiger charge is -2.28. The first kappa shape index (κ1) is 41.9. The zero-order valence-corrected chi connectivity index (χ0v) is 40.1. The molecule has 2 nitrogen and oxygen atoms in total. The lowest BCUT2D eigenvalue weighted by Crippen LogP contribution is -2.23. The van der Waals surface area contributed by atoms with Crippen LogP contribution in [0.2, 0.25) is 0 Å². The van der Waals surface area contributed by atoms with Gasteiger partial charge in [-0.15, -0.1) is 0 Å². The molecule has 2 aliphatic carbocycles. The lowest BCUT2D eigenvalue weighted by molar-refractivity contribution is 0.669. The Kier molecular flexibility index (Phi) is 9.66. The quantitative estimate of drug-likeness (QED) is 0.139. The summed E-state index contributed by atoms with van der Waals surface area (Å²) in [4.78, 5) is 0. The Morgan fingerprint density at radius 2 is 1.19 bits per heavy atom. The van der Waals surface area contributed by atoms with Gasteiger partial charge in [-0.1, -0.05) is 201 Å². The number of benzene rings is 10. The fourth-order valence-corrected chi connectivity index (χ4v) is 12.6. The largest absolute Gasteiger partial charge is 0.456 e. The second kappa shape index (κ2) is 16.6. The van der Waals surface area contributed by atoms with Crippen molar-refractivity contribution in [1.29, 1.82) is 0 Å². The van der Waals surface area contributed by atoms with Crippen LogP contribution in [0.3, 0.4) is 0 Å². The molecule has 0 saturated carbocycles. The van der Waals surface area contributed by atoms with Gasteiger partial charge in [0.2, 0.25) is 0 Å². The summed E-state index contributed by atoms with van der Waals surface area (Å²) in [7, 11) is 0. The molecule has 12 aromatic rings. The van der Waals surface area contributed by atoms with Gasteiger partial charge in [-0.3, -0.25) is 0 Å². The average Bonchev–Trinajstić information content (AvgIpc) is 4.17. The third-order valence-corrected chi connectivity index (χ3v) is 15.7. The van der Waals surface area contributed by atoms with Gasteiger partial charge in [-0.2, -0.15) is 0 Å². The van der Waals surface area contributed by atoms with Crippen LogP contribution >= 0.6 is 0 Å². The zero-order chi connectivity index (χ0) is 47.9. The molecule has 2 heteroatoms. The van der Waals surface area contributed by atoms with Crippen molar-refractivity contribution >= 4 is 49.3 Å². The van der Waals surface area contributed by atoms with Crippen LogP contribution < -0.4 is 0 Å². The molecule has 0 amide bonds. The number of para-hydroxylation sites is 1. The van der Waals surface area contributed by atoms with Crippen LogP contribution in [0, 0.1) is 6.92 Å². The molecule has 0 radical (unpaired) electrons. The third-order valence-electron chi connectivity index (χ3n) is 15.7. The number of furan rings is 1. The number of hydrogen-bond acceptors (Lipinski definition) is 1. The smallest absolute Gasteiger partial charge is 0.136 e. The molecule has 2 aliphatic rings. The minimum absolute atomic E-state index is 0.322. The molecule has 0 fully saturated rings. The van der Waals surface area contributed by atoms with Gasteiger partial charge in [-0.05, 0) is 152 Å². The topological polar surface area (TPSA) is 18.1 Å². The third kappa shape index (κ3) is 6.35.